The molecule has 7 atom stereocenters. The van der Waals surface area contributed by atoms with Crippen molar-refractivity contribution in [1.29, 1.82) is 5.26 Å². The van der Waals surface area contributed by atoms with E-state index in [1.165, 1.54) is 13.0 Å². The molecule has 168 valence electrons. The molecular weight excluding hydrogens is 433 g/mol. The number of hydrogen-bond donors (Lipinski definition) is 0. The standard InChI is InChI=1S/C24H30FNO3S2/c1-15(27)29-20-14-22(3)18(8-10-23(22,30-4)31-12-11-26)19-6-5-16-13-17(28)7-9-21(16,2)24(19,20)25/h7,9,13,18-20H,5-6,8,10,12,14H2,1-4H3/t18-,19-,20-,21-,22-,23-,24?/m0/s1. The second-order valence-electron chi connectivity index (χ2n) is 9.79. The molecule has 4 aliphatic carbocycles. The molecule has 0 amide bonds. The van der Waals surface area contributed by atoms with Crippen LogP contribution in [0.2, 0.25) is 0 Å². The number of hydrogen-bond acceptors (Lipinski definition) is 6. The monoisotopic (exact) mass is 463 g/mol. The molecule has 1 unspecified atom stereocenters. The molecular formula is C24H30FNO3S2. The Labute approximate surface area is 192 Å². The fraction of sp³-hybridized carbons (Fsp3) is 0.708. The van der Waals surface area contributed by atoms with Gasteiger partial charge in [0.2, 0.25) is 0 Å². The van der Waals surface area contributed by atoms with Crippen molar-refractivity contribution in [3.05, 3.63) is 23.8 Å². The lowest BCUT2D eigenvalue weighted by atomic mass is 9.46. The Bertz CT molecular complexity index is 913. The fourth-order valence-corrected chi connectivity index (χ4v) is 10.0. The van der Waals surface area contributed by atoms with Crippen LogP contribution in [0, 0.1) is 34.0 Å². The van der Waals surface area contributed by atoms with Gasteiger partial charge >= 0.3 is 5.97 Å². The number of alkyl halides is 1. The zero-order chi connectivity index (χ0) is 22.7. The van der Waals surface area contributed by atoms with Gasteiger partial charge in [-0.3, -0.25) is 9.59 Å². The minimum absolute atomic E-state index is 0.102. The van der Waals surface area contributed by atoms with Crippen LogP contribution in [0.4, 0.5) is 4.39 Å². The molecule has 0 radical (unpaired) electrons. The highest BCUT2D eigenvalue weighted by atomic mass is 32.2. The number of carbonyl (C=O) groups is 2. The predicted molar refractivity (Wildman–Crippen MR) is 122 cm³/mol. The van der Waals surface area contributed by atoms with E-state index in [4.69, 9.17) is 4.74 Å². The van der Waals surface area contributed by atoms with E-state index >= 15 is 4.39 Å². The van der Waals surface area contributed by atoms with Crippen LogP contribution >= 0.6 is 23.5 Å². The quantitative estimate of drug-likeness (QED) is 0.419. The van der Waals surface area contributed by atoms with E-state index in [2.05, 4.69) is 19.2 Å². The highest BCUT2D eigenvalue weighted by molar-refractivity contribution is 8.18. The van der Waals surface area contributed by atoms with E-state index in [1.54, 1.807) is 35.7 Å². The first-order valence-electron chi connectivity index (χ1n) is 10.9. The summed E-state index contributed by atoms with van der Waals surface area (Å²) in [5, 5.41) is 9.25. The van der Waals surface area contributed by atoms with Crippen molar-refractivity contribution in [3.63, 3.8) is 0 Å². The van der Waals surface area contributed by atoms with Gasteiger partial charge in [0.25, 0.3) is 0 Å². The first-order chi connectivity index (χ1) is 14.6. The average Bonchev–Trinajstić information content (AvgIpc) is 3.00. The van der Waals surface area contributed by atoms with Crippen molar-refractivity contribution in [1.82, 2.24) is 0 Å². The van der Waals surface area contributed by atoms with Crippen molar-refractivity contribution in [2.45, 2.75) is 68.7 Å². The molecule has 0 N–H and O–H groups in total. The molecule has 0 aliphatic heterocycles. The SMILES string of the molecule is CS[C@]1(SCC#N)CC[C@H]2[C@@H]3CCC4=CC(=O)C=C[C@]4(C)C3(F)[C@@H](OC(C)=O)C[C@@]21C. The van der Waals surface area contributed by atoms with Crippen molar-refractivity contribution in [2.24, 2.45) is 22.7 Å². The summed E-state index contributed by atoms with van der Waals surface area (Å²) in [7, 11) is 0. The number of thioether (sulfide) groups is 2. The molecule has 0 heterocycles. The minimum atomic E-state index is -1.77. The second-order valence-corrected chi connectivity index (χ2v) is 12.4. The van der Waals surface area contributed by atoms with Gasteiger partial charge in [-0.2, -0.15) is 5.26 Å². The maximum atomic E-state index is 17.6. The molecule has 0 bridgehead atoms. The van der Waals surface area contributed by atoms with Gasteiger partial charge in [-0.25, -0.2) is 4.39 Å². The van der Waals surface area contributed by atoms with Crippen LogP contribution in [-0.4, -0.2) is 39.6 Å². The Kier molecular flexibility index (Phi) is 5.66. The van der Waals surface area contributed by atoms with E-state index in [0.717, 1.165) is 18.4 Å². The second kappa shape index (κ2) is 7.66. The van der Waals surface area contributed by atoms with Gasteiger partial charge in [-0.05, 0) is 68.8 Å². The van der Waals surface area contributed by atoms with Gasteiger partial charge in [-0.15, -0.1) is 23.5 Å². The zero-order valence-electron chi connectivity index (χ0n) is 18.6. The van der Waals surface area contributed by atoms with Crippen LogP contribution in [0.15, 0.2) is 23.8 Å². The van der Waals surface area contributed by atoms with Gasteiger partial charge < -0.3 is 4.74 Å². The summed E-state index contributed by atoms with van der Waals surface area (Å²) < 4.78 is 23.1. The molecule has 31 heavy (non-hydrogen) atoms. The number of esters is 1. The Morgan fingerprint density at radius 3 is 2.74 bits per heavy atom. The first-order valence-corrected chi connectivity index (χ1v) is 13.2. The number of allylic oxidation sites excluding steroid dienone is 4. The van der Waals surface area contributed by atoms with Gasteiger partial charge in [0.05, 0.1) is 15.9 Å². The Morgan fingerprint density at radius 1 is 1.35 bits per heavy atom. The highest BCUT2D eigenvalue weighted by Crippen LogP contribution is 2.74. The average molecular weight is 464 g/mol. The predicted octanol–water partition coefficient (Wildman–Crippen LogP) is 5.24. The van der Waals surface area contributed by atoms with E-state index in [0.29, 0.717) is 25.0 Å². The normalized spacial score (nSPS) is 45.7. The van der Waals surface area contributed by atoms with Gasteiger partial charge in [0, 0.05) is 18.3 Å². The fourth-order valence-electron chi connectivity index (χ4n) is 7.23. The Balaban J connectivity index is 1.84. The van der Waals surface area contributed by atoms with Crippen molar-refractivity contribution >= 4 is 35.3 Å². The van der Waals surface area contributed by atoms with Crippen LogP contribution in [0.3, 0.4) is 0 Å². The minimum Gasteiger partial charge on any atom is -0.459 e. The summed E-state index contributed by atoms with van der Waals surface area (Å²) in [5.41, 5.74) is -2.18. The molecule has 3 fully saturated rings. The third-order valence-corrected chi connectivity index (χ3v) is 12.3. The van der Waals surface area contributed by atoms with Gasteiger partial charge in [-0.1, -0.05) is 18.6 Å². The van der Waals surface area contributed by atoms with E-state index in [9.17, 15) is 14.9 Å². The molecule has 4 aliphatic rings. The molecule has 7 heteroatoms. The Morgan fingerprint density at radius 2 is 2.10 bits per heavy atom. The third-order valence-electron chi connectivity index (χ3n) is 8.67. The number of carbonyl (C=O) groups excluding carboxylic acids is 2. The van der Waals surface area contributed by atoms with Crippen molar-refractivity contribution in [2.75, 3.05) is 12.0 Å². The summed E-state index contributed by atoms with van der Waals surface area (Å²) in [6.45, 7) is 5.43. The number of ether oxygens (including phenoxy) is 1. The topological polar surface area (TPSA) is 67.2 Å². The van der Waals surface area contributed by atoms with Crippen LogP contribution < -0.4 is 0 Å². The van der Waals surface area contributed by atoms with Crippen LogP contribution in [0.5, 0.6) is 0 Å². The maximum Gasteiger partial charge on any atom is 0.303 e. The summed E-state index contributed by atoms with van der Waals surface area (Å²) in [5.74, 6) is -0.327. The smallest absolute Gasteiger partial charge is 0.303 e. The lowest BCUT2D eigenvalue weighted by Gasteiger charge is -2.63. The number of nitrogens with zero attached hydrogens (tertiary/aromatic N) is 1. The Hall–Kier alpha value is -1.26. The van der Waals surface area contributed by atoms with Crippen LogP contribution in [0.1, 0.15) is 52.9 Å². The van der Waals surface area contributed by atoms with Crippen LogP contribution in [-0.2, 0) is 14.3 Å². The summed E-state index contributed by atoms with van der Waals surface area (Å²) >= 11 is 3.43. The zero-order valence-corrected chi connectivity index (χ0v) is 20.2. The van der Waals surface area contributed by atoms with Gasteiger partial charge in [0.15, 0.2) is 11.5 Å². The summed E-state index contributed by atoms with van der Waals surface area (Å²) in [6.07, 6.45) is 9.51. The maximum absolute atomic E-state index is 17.6. The summed E-state index contributed by atoms with van der Waals surface area (Å²) in [6, 6.07) is 2.26. The van der Waals surface area contributed by atoms with Gasteiger partial charge in [0.1, 0.15) is 6.10 Å². The van der Waals surface area contributed by atoms with Crippen molar-refractivity contribution < 1.29 is 18.7 Å². The van der Waals surface area contributed by atoms with E-state index < -0.39 is 23.2 Å². The molecule has 3 saturated carbocycles. The van der Waals surface area contributed by atoms with Crippen LogP contribution in [0.25, 0.3) is 0 Å². The van der Waals surface area contributed by atoms with E-state index in [-0.39, 0.29) is 27.1 Å². The third kappa shape index (κ3) is 3.00. The molecule has 0 aromatic carbocycles. The molecule has 0 saturated heterocycles. The largest absolute Gasteiger partial charge is 0.459 e. The molecule has 4 nitrogen and oxygen atoms in total. The number of nitriles is 1. The molecule has 0 aromatic heterocycles. The lowest BCUT2D eigenvalue weighted by molar-refractivity contribution is -0.209. The molecule has 4 rings (SSSR count). The number of fused-ring (bicyclic) bond motifs is 5. The molecule has 0 spiro atoms. The van der Waals surface area contributed by atoms with Crippen molar-refractivity contribution in [3.8, 4) is 6.07 Å². The highest BCUT2D eigenvalue weighted by Gasteiger charge is 2.74. The lowest BCUT2D eigenvalue weighted by Crippen LogP contribution is -2.68. The number of rotatable bonds is 4. The first kappa shape index (κ1) is 22.9. The number of ketones is 1. The number of halogens is 1. The molecule has 0 aromatic rings. The summed E-state index contributed by atoms with van der Waals surface area (Å²) in [4.78, 5) is 24.2. The van der Waals surface area contributed by atoms with E-state index in [1.807, 2.05) is 6.92 Å².